The van der Waals surface area contributed by atoms with Crippen LogP contribution < -0.4 is 20.7 Å². The van der Waals surface area contributed by atoms with Crippen molar-refractivity contribution in [3.05, 3.63) is 80.8 Å². The van der Waals surface area contributed by atoms with E-state index >= 15 is 0 Å². The molecular formula is C23H20F3N3O6S. The zero-order valence-corrected chi connectivity index (χ0v) is 20.0. The molecule has 2 heterocycles. The fourth-order valence-corrected chi connectivity index (χ4v) is 3.94. The van der Waals surface area contributed by atoms with Crippen molar-refractivity contribution in [2.45, 2.75) is 19.7 Å². The molecular weight excluding hydrogens is 503 g/mol. The number of hydrogen-bond acceptors (Lipinski definition) is 8. The molecule has 0 unspecified atom stereocenters. The van der Waals surface area contributed by atoms with Gasteiger partial charge in [0.25, 0.3) is 5.56 Å². The maximum Gasteiger partial charge on any atom is 0.431 e. The lowest BCUT2D eigenvalue weighted by Gasteiger charge is -2.13. The summed E-state index contributed by atoms with van der Waals surface area (Å²) in [6.07, 6.45) is -4.81. The molecule has 0 fully saturated rings. The Balaban J connectivity index is 0.000000253. The fraction of sp³-hybridized carbons (Fsp3) is 0.217. The highest BCUT2D eigenvalue weighted by Gasteiger charge is 2.35. The van der Waals surface area contributed by atoms with E-state index in [-0.39, 0.29) is 18.3 Å². The molecule has 0 amide bonds. The molecule has 2 aromatic heterocycles. The highest BCUT2D eigenvalue weighted by atomic mass is 32.1. The predicted molar refractivity (Wildman–Crippen MR) is 126 cm³/mol. The van der Waals surface area contributed by atoms with Crippen molar-refractivity contribution in [2.24, 2.45) is 7.05 Å². The lowest BCUT2D eigenvalue weighted by Crippen LogP contribution is -2.40. The lowest BCUT2D eigenvalue weighted by molar-refractivity contribution is -0.144. The van der Waals surface area contributed by atoms with Crippen molar-refractivity contribution in [2.75, 3.05) is 7.11 Å². The number of hydrogen-bond donors (Lipinski definition) is 1. The number of carbonyl (C=O) groups is 1. The molecule has 2 aromatic carbocycles. The van der Waals surface area contributed by atoms with Gasteiger partial charge in [0.05, 0.1) is 29.8 Å². The summed E-state index contributed by atoms with van der Waals surface area (Å²) in [5, 5.41) is 9.79. The summed E-state index contributed by atoms with van der Waals surface area (Å²) < 4.78 is 54.1. The van der Waals surface area contributed by atoms with Gasteiger partial charge in [-0.25, -0.2) is 9.36 Å². The average Bonchev–Trinajstić information content (AvgIpc) is 3.24. The number of fused-ring (bicyclic) bond motifs is 1. The molecule has 36 heavy (non-hydrogen) atoms. The number of ether oxygens (including phenoxy) is 2. The van der Waals surface area contributed by atoms with E-state index in [0.717, 1.165) is 29.0 Å². The molecule has 0 aliphatic rings. The maximum atomic E-state index is 12.9. The Morgan fingerprint density at radius 1 is 1.08 bits per heavy atom. The second kappa shape index (κ2) is 10.7. The summed E-state index contributed by atoms with van der Waals surface area (Å²) in [5.74, 6) is 0.953. The first kappa shape index (κ1) is 26.6. The van der Waals surface area contributed by atoms with Crippen molar-refractivity contribution < 1.29 is 32.5 Å². The first-order valence-corrected chi connectivity index (χ1v) is 11.0. The van der Waals surface area contributed by atoms with E-state index in [0.29, 0.717) is 32.0 Å². The monoisotopic (exact) mass is 523 g/mol. The number of benzene rings is 2. The first-order valence-electron chi connectivity index (χ1n) is 10.2. The number of carbonyl (C=O) groups excluding carboxylic acids is 1. The molecule has 1 N–H and O–H groups in total. The van der Waals surface area contributed by atoms with Crippen molar-refractivity contribution in [3.63, 3.8) is 0 Å². The predicted octanol–water partition coefficient (Wildman–Crippen LogP) is 3.28. The van der Waals surface area contributed by atoms with Crippen LogP contribution in [0.4, 0.5) is 13.2 Å². The number of aromatic nitrogens is 3. The molecule has 0 saturated carbocycles. The molecule has 0 atom stereocenters. The number of aliphatic hydroxyl groups is 1. The number of halogens is 3. The number of aliphatic hydroxyl groups excluding tert-OH is 1. The van der Waals surface area contributed by atoms with Crippen molar-refractivity contribution in [1.82, 2.24) is 13.5 Å². The highest BCUT2D eigenvalue weighted by Crippen LogP contribution is 2.28. The summed E-state index contributed by atoms with van der Waals surface area (Å²) in [6, 6.07) is 11.7. The van der Waals surface area contributed by atoms with Gasteiger partial charge in [0.15, 0.2) is 0 Å². The van der Waals surface area contributed by atoms with Crippen LogP contribution in [0, 0.1) is 0 Å². The third-order valence-electron chi connectivity index (χ3n) is 4.87. The summed E-state index contributed by atoms with van der Waals surface area (Å²) in [6.45, 7) is 1.04. The average molecular weight is 523 g/mol. The van der Waals surface area contributed by atoms with Gasteiger partial charge in [0.1, 0.15) is 17.2 Å². The largest absolute Gasteiger partial charge is 0.497 e. The smallest absolute Gasteiger partial charge is 0.431 e. The van der Waals surface area contributed by atoms with Gasteiger partial charge in [-0.15, -0.1) is 0 Å². The molecule has 13 heteroatoms. The minimum Gasteiger partial charge on any atom is -0.497 e. The van der Waals surface area contributed by atoms with E-state index in [1.807, 2.05) is 0 Å². The number of alkyl halides is 3. The lowest BCUT2D eigenvalue weighted by atomic mass is 10.2. The van der Waals surface area contributed by atoms with Crippen molar-refractivity contribution in [1.29, 1.82) is 0 Å². The minimum absolute atomic E-state index is 0.108. The maximum absolute atomic E-state index is 12.9. The topological polar surface area (TPSA) is 113 Å². The third kappa shape index (κ3) is 5.80. The highest BCUT2D eigenvalue weighted by molar-refractivity contribution is 7.13. The zero-order chi connectivity index (χ0) is 26.6. The number of rotatable bonds is 4. The Bertz CT molecular complexity index is 1510. The quantitative estimate of drug-likeness (QED) is 0.323. The Labute approximate surface area is 205 Å². The Kier molecular flexibility index (Phi) is 7.95. The summed E-state index contributed by atoms with van der Waals surface area (Å²) in [4.78, 5) is 34.8. The molecule has 190 valence electrons. The van der Waals surface area contributed by atoms with Gasteiger partial charge in [-0.1, -0.05) is 0 Å². The van der Waals surface area contributed by atoms with Crippen LogP contribution in [0.1, 0.15) is 18.3 Å². The second-order valence-corrected chi connectivity index (χ2v) is 8.08. The summed E-state index contributed by atoms with van der Waals surface area (Å²) in [5.41, 5.74) is -3.03. The van der Waals surface area contributed by atoms with Crippen LogP contribution in [0.15, 0.2) is 58.1 Å². The van der Waals surface area contributed by atoms with Crippen LogP contribution in [0.3, 0.4) is 0 Å². The normalized spacial score (nSPS) is 11.1. The van der Waals surface area contributed by atoms with Gasteiger partial charge in [-0.2, -0.15) is 17.5 Å². The van der Waals surface area contributed by atoms with Gasteiger partial charge in [-0.3, -0.25) is 14.2 Å². The van der Waals surface area contributed by atoms with E-state index in [9.17, 15) is 32.7 Å². The second-order valence-electron chi connectivity index (χ2n) is 7.28. The zero-order valence-electron chi connectivity index (χ0n) is 19.2. The Hall–Kier alpha value is -3.97. The number of nitrogens with zero attached hydrogens (tertiary/aromatic N) is 3. The molecule has 9 nitrogen and oxygen atoms in total. The molecule has 0 aliphatic heterocycles. The van der Waals surface area contributed by atoms with Gasteiger partial charge in [-0.05, 0) is 54.0 Å². The Morgan fingerprint density at radius 2 is 1.72 bits per heavy atom. The van der Waals surface area contributed by atoms with Gasteiger partial charge in [0.2, 0.25) is 0 Å². The first-order chi connectivity index (χ1) is 17.0. The molecule has 0 bridgehead atoms. The van der Waals surface area contributed by atoms with E-state index in [1.54, 1.807) is 37.4 Å². The molecule has 4 rings (SSSR count). The Morgan fingerprint density at radius 3 is 2.28 bits per heavy atom. The number of esters is 1. The molecule has 0 aliphatic carbocycles. The number of methoxy groups -OCH3 is 1. The SMILES string of the molecule is COc1ccc(OC(C)=O)cc1.Cn1c(C(F)(F)F)cc(=O)n(-c2ccc3snc(CO)c3c2)c1=O. The summed E-state index contributed by atoms with van der Waals surface area (Å²) in [7, 11) is 2.53. The molecule has 0 radical (unpaired) electrons. The van der Waals surface area contributed by atoms with Gasteiger partial charge >= 0.3 is 17.8 Å². The van der Waals surface area contributed by atoms with Crippen LogP contribution >= 0.6 is 11.5 Å². The molecule has 0 spiro atoms. The third-order valence-corrected chi connectivity index (χ3v) is 5.73. The van der Waals surface area contributed by atoms with Gasteiger partial charge in [0, 0.05) is 25.4 Å². The van der Waals surface area contributed by atoms with Crippen molar-refractivity contribution >= 4 is 27.6 Å². The minimum atomic E-state index is -4.81. The van der Waals surface area contributed by atoms with Crippen LogP contribution in [-0.2, 0) is 24.6 Å². The van der Waals surface area contributed by atoms with E-state index in [2.05, 4.69) is 4.37 Å². The van der Waals surface area contributed by atoms with Crippen LogP contribution in [0.2, 0.25) is 0 Å². The van der Waals surface area contributed by atoms with Crippen LogP contribution in [-0.4, -0.2) is 31.7 Å². The standard InChI is InChI=1S/C14H10F3N3O3S.C9H10O3/c1-19-11(14(15,16)17)5-12(22)20(13(19)23)7-2-3-10-8(4-7)9(6-21)18-24-10;1-7(10)12-9-5-3-8(11-2)4-6-9/h2-5,21H,6H2,1H3;3-6H,1-2H3. The summed E-state index contributed by atoms with van der Waals surface area (Å²) >= 11 is 1.13. The van der Waals surface area contributed by atoms with E-state index in [1.165, 1.54) is 19.1 Å². The fourth-order valence-electron chi connectivity index (χ4n) is 3.17. The van der Waals surface area contributed by atoms with Crippen molar-refractivity contribution in [3.8, 4) is 17.2 Å². The van der Waals surface area contributed by atoms with E-state index in [4.69, 9.17) is 9.47 Å². The van der Waals surface area contributed by atoms with Gasteiger partial charge < -0.3 is 14.6 Å². The molecule has 4 aromatic rings. The van der Waals surface area contributed by atoms with Crippen LogP contribution in [0.5, 0.6) is 11.5 Å². The van der Waals surface area contributed by atoms with Crippen LogP contribution in [0.25, 0.3) is 15.8 Å². The van der Waals surface area contributed by atoms with E-state index < -0.39 is 23.1 Å². The molecule has 0 saturated heterocycles.